The summed E-state index contributed by atoms with van der Waals surface area (Å²) in [6, 6.07) is 3.89. The predicted molar refractivity (Wildman–Crippen MR) is 52.7 cm³/mol. The minimum Gasteiger partial charge on any atom is -0.299 e. The zero-order valence-electron chi connectivity index (χ0n) is 8.37. The van der Waals surface area contributed by atoms with E-state index >= 15 is 0 Å². The lowest BCUT2D eigenvalue weighted by Crippen LogP contribution is -2.10. The molecule has 0 saturated heterocycles. The van der Waals surface area contributed by atoms with Gasteiger partial charge in [-0.25, -0.2) is 0 Å². The molecule has 1 heterocycles. The normalized spacial score (nSPS) is 12.5. The topological polar surface area (TPSA) is 30.0 Å². The molecule has 0 aliphatic rings. The van der Waals surface area contributed by atoms with Gasteiger partial charge >= 0.3 is 0 Å². The van der Waals surface area contributed by atoms with Crippen molar-refractivity contribution in [2.45, 2.75) is 33.1 Å². The highest BCUT2D eigenvalue weighted by molar-refractivity contribution is 5.83. The first kappa shape index (κ1) is 9.90. The van der Waals surface area contributed by atoms with E-state index in [9.17, 15) is 4.79 Å². The standard InChI is InChI=1S/C11H15NO/c1-4-10(9(3)13)11-8(2)6-5-7-12-11/h5-7,10H,4H2,1-3H3. The smallest absolute Gasteiger partial charge is 0.138 e. The molecule has 0 aromatic carbocycles. The van der Waals surface area contributed by atoms with Crippen molar-refractivity contribution in [3.8, 4) is 0 Å². The van der Waals surface area contributed by atoms with Crippen molar-refractivity contribution >= 4 is 5.78 Å². The summed E-state index contributed by atoms with van der Waals surface area (Å²) in [5.74, 6) is 0.172. The Morgan fingerprint density at radius 2 is 2.31 bits per heavy atom. The third kappa shape index (κ3) is 2.14. The molecule has 0 amide bonds. The van der Waals surface area contributed by atoms with Gasteiger partial charge in [0.2, 0.25) is 0 Å². The summed E-state index contributed by atoms with van der Waals surface area (Å²) in [5.41, 5.74) is 2.03. The molecule has 0 bridgehead atoms. The summed E-state index contributed by atoms with van der Waals surface area (Å²) in [4.78, 5) is 15.5. The van der Waals surface area contributed by atoms with Crippen LogP contribution in [0.2, 0.25) is 0 Å². The van der Waals surface area contributed by atoms with E-state index in [4.69, 9.17) is 0 Å². The molecule has 2 heteroatoms. The highest BCUT2D eigenvalue weighted by atomic mass is 16.1. The summed E-state index contributed by atoms with van der Waals surface area (Å²) in [7, 11) is 0. The molecule has 0 radical (unpaired) electrons. The number of pyridine rings is 1. The van der Waals surface area contributed by atoms with Crippen LogP contribution >= 0.6 is 0 Å². The first-order valence-corrected chi connectivity index (χ1v) is 4.58. The van der Waals surface area contributed by atoms with E-state index < -0.39 is 0 Å². The van der Waals surface area contributed by atoms with Gasteiger partial charge < -0.3 is 0 Å². The van der Waals surface area contributed by atoms with Crippen molar-refractivity contribution < 1.29 is 4.79 Å². The maximum absolute atomic E-state index is 11.3. The number of hydrogen-bond donors (Lipinski definition) is 0. The van der Waals surface area contributed by atoms with Crippen molar-refractivity contribution in [1.29, 1.82) is 0 Å². The van der Waals surface area contributed by atoms with Crippen LogP contribution in [0.1, 0.15) is 37.4 Å². The maximum atomic E-state index is 11.3. The quantitative estimate of drug-likeness (QED) is 0.710. The van der Waals surface area contributed by atoms with Crippen molar-refractivity contribution in [2.24, 2.45) is 0 Å². The number of hydrogen-bond acceptors (Lipinski definition) is 2. The second-order valence-corrected chi connectivity index (χ2v) is 3.28. The zero-order valence-corrected chi connectivity index (χ0v) is 8.37. The van der Waals surface area contributed by atoms with E-state index in [1.165, 1.54) is 0 Å². The first-order valence-electron chi connectivity index (χ1n) is 4.58. The Bertz CT molecular complexity index is 307. The molecule has 0 aliphatic heterocycles. The molecule has 0 saturated carbocycles. The van der Waals surface area contributed by atoms with Gasteiger partial charge in [-0.05, 0) is 31.9 Å². The third-order valence-corrected chi connectivity index (χ3v) is 2.28. The molecular formula is C11H15NO. The van der Waals surface area contributed by atoms with Crippen LogP contribution in [-0.4, -0.2) is 10.8 Å². The van der Waals surface area contributed by atoms with E-state index in [0.717, 1.165) is 17.7 Å². The molecule has 0 aliphatic carbocycles. The fraction of sp³-hybridized carbons (Fsp3) is 0.455. The van der Waals surface area contributed by atoms with E-state index in [1.54, 1.807) is 13.1 Å². The molecule has 2 nitrogen and oxygen atoms in total. The molecule has 0 spiro atoms. The first-order chi connectivity index (χ1) is 6.16. The van der Waals surface area contributed by atoms with Gasteiger partial charge in [0, 0.05) is 6.20 Å². The molecule has 1 aromatic rings. The number of carbonyl (C=O) groups is 1. The fourth-order valence-electron chi connectivity index (χ4n) is 1.54. The number of carbonyl (C=O) groups excluding carboxylic acids is 1. The average molecular weight is 177 g/mol. The summed E-state index contributed by atoms with van der Waals surface area (Å²) < 4.78 is 0. The van der Waals surface area contributed by atoms with Crippen LogP contribution in [0, 0.1) is 6.92 Å². The Labute approximate surface area is 79.0 Å². The van der Waals surface area contributed by atoms with Crippen LogP contribution in [0.3, 0.4) is 0 Å². The molecule has 0 N–H and O–H groups in total. The minimum absolute atomic E-state index is 0.0267. The van der Waals surface area contributed by atoms with E-state index in [2.05, 4.69) is 4.98 Å². The Hall–Kier alpha value is -1.18. The second-order valence-electron chi connectivity index (χ2n) is 3.28. The van der Waals surface area contributed by atoms with Gasteiger partial charge in [-0.1, -0.05) is 13.0 Å². The van der Waals surface area contributed by atoms with Gasteiger partial charge in [0.25, 0.3) is 0 Å². The summed E-state index contributed by atoms with van der Waals surface area (Å²) >= 11 is 0. The van der Waals surface area contributed by atoms with E-state index in [1.807, 2.05) is 26.0 Å². The van der Waals surface area contributed by atoms with E-state index in [-0.39, 0.29) is 11.7 Å². The van der Waals surface area contributed by atoms with Crippen LogP contribution < -0.4 is 0 Å². The monoisotopic (exact) mass is 177 g/mol. The Morgan fingerprint density at radius 1 is 1.62 bits per heavy atom. The molecule has 0 fully saturated rings. The van der Waals surface area contributed by atoms with Crippen LogP contribution in [0.25, 0.3) is 0 Å². The minimum atomic E-state index is -0.0267. The summed E-state index contributed by atoms with van der Waals surface area (Å²) in [5, 5.41) is 0. The maximum Gasteiger partial charge on any atom is 0.138 e. The number of nitrogens with zero attached hydrogens (tertiary/aromatic N) is 1. The lowest BCUT2D eigenvalue weighted by atomic mass is 9.95. The number of rotatable bonds is 3. The van der Waals surface area contributed by atoms with Crippen LogP contribution in [0.15, 0.2) is 18.3 Å². The lowest BCUT2D eigenvalue weighted by Gasteiger charge is -2.12. The van der Waals surface area contributed by atoms with Gasteiger partial charge in [-0.3, -0.25) is 9.78 Å². The number of Topliss-reactive ketones (excluding diaryl/α,β-unsaturated/α-hetero) is 1. The summed E-state index contributed by atoms with van der Waals surface area (Å²) in [6.45, 7) is 5.64. The molecular weight excluding hydrogens is 162 g/mol. The fourth-order valence-corrected chi connectivity index (χ4v) is 1.54. The Balaban J connectivity index is 3.04. The SMILES string of the molecule is CCC(C(C)=O)c1ncccc1C. The zero-order chi connectivity index (χ0) is 9.84. The molecule has 70 valence electrons. The van der Waals surface area contributed by atoms with Crippen molar-refractivity contribution in [3.05, 3.63) is 29.6 Å². The van der Waals surface area contributed by atoms with Crippen LogP contribution in [0.5, 0.6) is 0 Å². The van der Waals surface area contributed by atoms with Gasteiger partial charge in [0.1, 0.15) is 5.78 Å². The highest BCUT2D eigenvalue weighted by Gasteiger charge is 2.17. The van der Waals surface area contributed by atoms with Gasteiger partial charge in [-0.15, -0.1) is 0 Å². The summed E-state index contributed by atoms with van der Waals surface area (Å²) in [6.07, 6.45) is 2.57. The number of ketones is 1. The largest absolute Gasteiger partial charge is 0.299 e. The molecule has 13 heavy (non-hydrogen) atoms. The van der Waals surface area contributed by atoms with Crippen LogP contribution in [0.4, 0.5) is 0 Å². The van der Waals surface area contributed by atoms with Crippen LogP contribution in [-0.2, 0) is 4.79 Å². The van der Waals surface area contributed by atoms with Crippen molar-refractivity contribution in [3.63, 3.8) is 0 Å². The van der Waals surface area contributed by atoms with Gasteiger partial charge in [0.15, 0.2) is 0 Å². The second kappa shape index (κ2) is 4.17. The van der Waals surface area contributed by atoms with E-state index in [0.29, 0.717) is 0 Å². The van der Waals surface area contributed by atoms with Gasteiger partial charge in [0.05, 0.1) is 11.6 Å². The average Bonchev–Trinajstić information content (AvgIpc) is 2.09. The Kier molecular flexibility index (Phi) is 3.18. The molecule has 1 atom stereocenters. The molecule has 1 unspecified atom stereocenters. The third-order valence-electron chi connectivity index (χ3n) is 2.28. The molecule has 1 rings (SSSR count). The highest BCUT2D eigenvalue weighted by Crippen LogP contribution is 2.20. The number of aryl methyl sites for hydroxylation is 1. The van der Waals surface area contributed by atoms with Gasteiger partial charge in [-0.2, -0.15) is 0 Å². The Morgan fingerprint density at radius 3 is 2.77 bits per heavy atom. The predicted octanol–water partition coefficient (Wildman–Crippen LogP) is 2.47. The van der Waals surface area contributed by atoms with Crippen molar-refractivity contribution in [1.82, 2.24) is 4.98 Å². The van der Waals surface area contributed by atoms with Crippen molar-refractivity contribution in [2.75, 3.05) is 0 Å². The number of aromatic nitrogens is 1. The molecule has 1 aromatic heterocycles. The lowest BCUT2D eigenvalue weighted by molar-refractivity contribution is -0.118.